The zero-order chi connectivity index (χ0) is 18.8. The lowest BCUT2D eigenvalue weighted by molar-refractivity contribution is 0.0602. The third-order valence-corrected chi connectivity index (χ3v) is 4.66. The summed E-state index contributed by atoms with van der Waals surface area (Å²) in [4.78, 5) is 23.3. The highest BCUT2D eigenvalue weighted by Crippen LogP contribution is 2.36. The lowest BCUT2D eigenvalue weighted by Gasteiger charge is -2.23. The molecule has 2 aromatic carbocycles. The smallest absolute Gasteiger partial charge is 0.339 e. The SMILES string of the molecule is COC(=O)c1ccccc1Nc1ccnc(N2c3ccccc3CC2C)n1. The fourth-order valence-corrected chi connectivity index (χ4v) is 3.42. The zero-order valence-corrected chi connectivity index (χ0v) is 15.2. The van der Waals surface area contributed by atoms with Crippen molar-refractivity contribution in [2.75, 3.05) is 17.3 Å². The van der Waals surface area contributed by atoms with E-state index in [9.17, 15) is 4.79 Å². The van der Waals surface area contributed by atoms with Crippen LogP contribution < -0.4 is 10.2 Å². The standard InChI is InChI=1S/C21H20N4O2/c1-14-13-15-7-3-6-10-18(15)25(14)21-22-12-11-19(24-21)23-17-9-5-4-8-16(17)20(26)27-2/h3-12,14H,13H2,1-2H3,(H,22,23,24). The minimum atomic E-state index is -0.394. The first-order valence-electron chi connectivity index (χ1n) is 8.82. The first-order chi connectivity index (χ1) is 13.2. The van der Waals surface area contributed by atoms with Crippen LogP contribution in [0.2, 0.25) is 0 Å². The van der Waals surface area contributed by atoms with E-state index in [4.69, 9.17) is 4.74 Å². The number of hydrogen-bond acceptors (Lipinski definition) is 6. The van der Waals surface area contributed by atoms with Gasteiger partial charge in [0.15, 0.2) is 0 Å². The average molecular weight is 360 g/mol. The number of fused-ring (bicyclic) bond motifs is 1. The number of aromatic nitrogens is 2. The minimum Gasteiger partial charge on any atom is -0.465 e. The molecule has 0 bridgehead atoms. The lowest BCUT2D eigenvalue weighted by Crippen LogP contribution is -2.26. The van der Waals surface area contributed by atoms with Crippen molar-refractivity contribution in [3.63, 3.8) is 0 Å². The molecule has 0 aliphatic carbocycles. The van der Waals surface area contributed by atoms with E-state index >= 15 is 0 Å². The molecule has 1 aliphatic rings. The highest BCUT2D eigenvalue weighted by Gasteiger charge is 2.28. The molecule has 1 aliphatic heterocycles. The molecule has 2 heterocycles. The quantitative estimate of drug-likeness (QED) is 0.707. The zero-order valence-electron chi connectivity index (χ0n) is 15.2. The van der Waals surface area contributed by atoms with Gasteiger partial charge in [-0.1, -0.05) is 30.3 Å². The Bertz CT molecular complexity index is 989. The van der Waals surface area contributed by atoms with Crippen molar-refractivity contribution in [2.24, 2.45) is 0 Å². The van der Waals surface area contributed by atoms with Gasteiger partial charge >= 0.3 is 5.97 Å². The number of carbonyl (C=O) groups excluding carboxylic acids is 1. The molecular weight excluding hydrogens is 340 g/mol. The van der Waals surface area contributed by atoms with Gasteiger partial charge in [-0.2, -0.15) is 4.98 Å². The molecule has 0 saturated carbocycles. The molecule has 0 fully saturated rings. The van der Waals surface area contributed by atoms with Gasteiger partial charge in [-0.25, -0.2) is 9.78 Å². The summed E-state index contributed by atoms with van der Waals surface area (Å²) < 4.78 is 4.85. The summed E-state index contributed by atoms with van der Waals surface area (Å²) in [6, 6.07) is 17.6. The number of hydrogen-bond donors (Lipinski definition) is 1. The second kappa shape index (κ2) is 7.07. The Kier molecular flexibility index (Phi) is 4.46. The molecule has 4 rings (SSSR count). The summed E-state index contributed by atoms with van der Waals surface area (Å²) in [6.07, 6.45) is 2.68. The van der Waals surface area contributed by atoms with Gasteiger partial charge < -0.3 is 15.0 Å². The van der Waals surface area contributed by atoms with Crippen molar-refractivity contribution in [2.45, 2.75) is 19.4 Å². The normalized spacial score (nSPS) is 15.3. The third kappa shape index (κ3) is 3.21. The van der Waals surface area contributed by atoms with Gasteiger partial charge in [0.05, 0.1) is 18.4 Å². The topological polar surface area (TPSA) is 67.3 Å². The summed E-state index contributed by atoms with van der Waals surface area (Å²) in [5, 5.41) is 3.21. The van der Waals surface area contributed by atoms with Crippen LogP contribution in [0, 0.1) is 0 Å². The molecule has 1 N–H and O–H groups in total. The predicted molar refractivity (Wildman–Crippen MR) is 105 cm³/mol. The Labute approximate surface area is 157 Å². The van der Waals surface area contributed by atoms with E-state index in [1.807, 2.05) is 18.2 Å². The van der Waals surface area contributed by atoms with Gasteiger partial charge in [-0.05, 0) is 43.2 Å². The van der Waals surface area contributed by atoms with Crippen LogP contribution in [-0.2, 0) is 11.2 Å². The summed E-state index contributed by atoms with van der Waals surface area (Å²) in [7, 11) is 1.37. The van der Waals surface area contributed by atoms with Crippen molar-refractivity contribution in [3.8, 4) is 0 Å². The molecule has 27 heavy (non-hydrogen) atoms. The Morgan fingerprint density at radius 2 is 1.93 bits per heavy atom. The second-order valence-corrected chi connectivity index (χ2v) is 6.46. The molecule has 0 radical (unpaired) electrons. The van der Waals surface area contributed by atoms with E-state index in [2.05, 4.69) is 45.3 Å². The van der Waals surface area contributed by atoms with E-state index < -0.39 is 5.97 Å². The van der Waals surface area contributed by atoms with Crippen molar-refractivity contribution in [3.05, 3.63) is 71.9 Å². The van der Waals surface area contributed by atoms with Crippen LogP contribution in [0.5, 0.6) is 0 Å². The van der Waals surface area contributed by atoms with E-state index in [1.165, 1.54) is 12.7 Å². The van der Waals surface area contributed by atoms with E-state index in [0.717, 1.165) is 12.1 Å². The minimum absolute atomic E-state index is 0.278. The second-order valence-electron chi connectivity index (χ2n) is 6.46. The summed E-state index contributed by atoms with van der Waals surface area (Å²) in [5.74, 6) is 0.857. The number of nitrogens with one attached hydrogen (secondary N) is 1. The highest BCUT2D eigenvalue weighted by atomic mass is 16.5. The van der Waals surface area contributed by atoms with Crippen LogP contribution in [-0.4, -0.2) is 29.1 Å². The molecule has 136 valence electrons. The molecule has 6 nitrogen and oxygen atoms in total. The summed E-state index contributed by atoms with van der Waals surface area (Å²) >= 11 is 0. The number of esters is 1. The van der Waals surface area contributed by atoms with Gasteiger partial charge in [0.1, 0.15) is 5.82 Å². The van der Waals surface area contributed by atoms with Crippen LogP contribution in [0.15, 0.2) is 60.8 Å². The number of carbonyl (C=O) groups is 1. The third-order valence-electron chi connectivity index (χ3n) is 4.66. The molecule has 0 spiro atoms. The van der Waals surface area contributed by atoms with Crippen LogP contribution in [0.25, 0.3) is 0 Å². The van der Waals surface area contributed by atoms with Crippen LogP contribution in [0.4, 0.5) is 23.1 Å². The van der Waals surface area contributed by atoms with Crippen LogP contribution in [0.1, 0.15) is 22.8 Å². The van der Waals surface area contributed by atoms with Gasteiger partial charge in [0.25, 0.3) is 0 Å². The number of methoxy groups -OCH3 is 1. The first kappa shape index (κ1) is 17.0. The molecule has 1 unspecified atom stereocenters. The monoisotopic (exact) mass is 360 g/mol. The van der Waals surface area contributed by atoms with Gasteiger partial charge in [-0.3, -0.25) is 0 Å². The highest BCUT2D eigenvalue weighted by molar-refractivity contribution is 5.96. The van der Waals surface area contributed by atoms with Gasteiger partial charge in [0, 0.05) is 17.9 Å². The first-order valence-corrected chi connectivity index (χ1v) is 8.82. The maximum absolute atomic E-state index is 12.0. The Morgan fingerprint density at radius 1 is 1.15 bits per heavy atom. The van der Waals surface area contributed by atoms with E-state index in [1.54, 1.807) is 24.4 Å². The maximum Gasteiger partial charge on any atom is 0.339 e. The van der Waals surface area contributed by atoms with E-state index in [0.29, 0.717) is 23.0 Å². The number of ether oxygens (including phenoxy) is 1. The van der Waals surface area contributed by atoms with Crippen molar-refractivity contribution < 1.29 is 9.53 Å². The number of nitrogens with zero attached hydrogens (tertiary/aromatic N) is 3. The number of para-hydroxylation sites is 2. The molecule has 1 atom stereocenters. The van der Waals surface area contributed by atoms with Crippen LogP contribution in [0.3, 0.4) is 0 Å². The van der Waals surface area contributed by atoms with Crippen molar-refractivity contribution in [1.82, 2.24) is 9.97 Å². The molecule has 0 saturated heterocycles. The average Bonchev–Trinajstić information content (AvgIpc) is 3.03. The largest absolute Gasteiger partial charge is 0.465 e. The fraction of sp³-hybridized carbons (Fsp3) is 0.190. The fourth-order valence-electron chi connectivity index (χ4n) is 3.42. The predicted octanol–water partition coefficient (Wildman–Crippen LogP) is 4.09. The van der Waals surface area contributed by atoms with Gasteiger partial charge in [0.2, 0.25) is 5.95 Å². The Hall–Kier alpha value is -3.41. The summed E-state index contributed by atoms with van der Waals surface area (Å²) in [6.45, 7) is 2.16. The molecular formula is C21H20N4O2. The lowest BCUT2D eigenvalue weighted by atomic mass is 10.1. The Balaban J connectivity index is 1.66. The number of rotatable bonds is 4. The molecule has 0 amide bonds. The molecule has 3 aromatic rings. The summed E-state index contributed by atoms with van der Waals surface area (Å²) in [5.41, 5.74) is 3.53. The van der Waals surface area contributed by atoms with Crippen molar-refractivity contribution >= 4 is 29.1 Å². The maximum atomic E-state index is 12.0. The molecule has 1 aromatic heterocycles. The van der Waals surface area contributed by atoms with Crippen LogP contribution >= 0.6 is 0 Å². The van der Waals surface area contributed by atoms with Crippen molar-refractivity contribution in [1.29, 1.82) is 0 Å². The van der Waals surface area contributed by atoms with Gasteiger partial charge in [-0.15, -0.1) is 0 Å². The number of benzene rings is 2. The van der Waals surface area contributed by atoms with E-state index in [-0.39, 0.29) is 6.04 Å². The number of anilines is 4. The Morgan fingerprint density at radius 3 is 2.78 bits per heavy atom. The molecule has 6 heteroatoms.